The van der Waals surface area contributed by atoms with Gasteiger partial charge >= 0.3 is 0 Å². The Balaban J connectivity index is 1.73. The van der Waals surface area contributed by atoms with Gasteiger partial charge < -0.3 is 15.5 Å². The van der Waals surface area contributed by atoms with Gasteiger partial charge in [-0.05, 0) is 56.3 Å². The molecule has 0 aliphatic carbocycles. The number of amides is 2. The zero-order chi connectivity index (χ0) is 19.6. The summed E-state index contributed by atoms with van der Waals surface area (Å²) in [6.45, 7) is 6.12. The van der Waals surface area contributed by atoms with Crippen molar-refractivity contribution < 1.29 is 9.59 Å². The van der Waals surface area contributed by atoms with Crippen molar-refractivity contribution in [1.29, 1.82) is 0 Å². The topological polar surface area (TPSA) is 61.4 Å². The quantitative estimate of drug-likeness (QED) is 0.586. The average molecular weight is 450 g/mol. The second-order valence-corrected chi connectivity index (χ2v) is 7.72. The van der Waals surface area contributed by atoms with Crippen LogP contribution in [0.4, 0.5) is 17.1 Å². The summed E-state index contributed by atoms with van der Waals surface area (Å²) in [5.41, 5.74) is 2.62. The molecule has 0 heterocycles. The minimum Gasteiger partial charge on any atom is -0.372 e. The van der Waals surface area contributed by atoms with Crippen molar-refractivity contribution in [2.45, 2.75) is 13.8 Å². The van der Waals surface area contributed by atoms with Gasteiger partial charge in [-0.15, -0.1) is 11.8 Å². The van der Waals surface area contributed by atoms with Crippen LogP contribution in [-0.2, 0) is 9.59 Å². The number of benzene rings is 2. The summed E-state index contributed by atoms with van der Waals surface area (Å²) in [5.74, 6) is 0.199. The van der Waals surface area contributed by atoms with Crippen molar-refractivity contribution in [1.82, 2.24) is 0 Å². The standard InChI is InChI=1S/C20H24BrN3O2S/c1-3-24(4-2)18-10-8-16(9-11-18)22-19(25)13-27-14-20(26)23-17-7-5-6-15(21)12-17/h5-12H,3-4,13-14H2,1-2H3,(H,22,25)(H,23,26). The molecule has 0 aliphatic heterocycles. The van der Waals surface area contributed by atoms with Crippen molar-refractivity contribution in [2.24, 2.45) is 0 Å². The summed E-state index contributed by atoms with van der Waals surface area (Å²) < 4.78 is 0.902. The maximum Gasteiger partial charge on any atom is 0.234 e. The van der Waals surface area contributed by atoms with Crippen LogP contribution in [0, 0.1) is 0 Å². The molecule has 0 atom stereocenters. The first kappa shape index (κ1) is 21.3. The summed E-state index contributed by atoms with van der Waals surface area (Å²) in [7, 11) is 0. The van der Waals surface area contributed by atoms with E-state index < -0.39 is 0 Å². The van der Waals surface area contributed by atoms with E-state index in [0.717, 1.165) is 34.6 Å². The summed E-state index contributed by atoms with van der Waals surface area (Å²) in [6, 6.07) is 15.2. The molecule has 144 valence electrons. The zero-order valence-electron chi connectivity index (χ0n) is 15.5. The van der Waals surface area contributed by atoms with Crippen LogP contribution >= 0.6 is 27.7 Å². The molecule has 7 heteroatoms. The highest BCUT2D eigenvalue weighted by atomic mass is 79.9. The van der Waals surface area contributed by atoms with E-state index in [1.165, 1.54) is 11.8 Å². The van der Waals surface area contributed by atoms with Crippen molar-refractivity contribution >= 4 is 56.6 Å². The molecule has 0 fully saturated rings. The predicted molar refractivity (Wildman–Crippen MR) is 119 cm³/mol. The van der Waals surface area contributed by atoms with Gasteiger partial charge in [0.25, 0.3) is 0 Å². The van der Waals surface area contributed by atoms with Crippen molar-refractivity contribution in [2.75, 3.05) is 40.1 Å². The van der Waals surface area contributed by atoms with E-state index in [1.807, 2.05) is 48.5 Å². The molecule has 2 N–H and O–H groups in total. The van der Waals surface area contributed by atoms with Crippen LogP contribution < -0.4 is 15.5 Å². The maximum atomic E-state index is 12.0. The summed E-state index contributed by atoms with van der Waals surface area (Å²) in [6.07, 6.45) is 0. The monoisotopic (exact) mass is 449 g/mol. The third kappa shape index (κ3) is 7.27. The lowest BCUT2D eigenvalue weighted by Gasteiger charge is -2.21. The summed E-state index contributed by atoms with van der Waals surface area (Å²) >= 11 is 4.65. The molecule has 0 radical (unpaired) electrons. The fourth-order valence-corrected chi connectivity index (χ4v) is 3.56. The van der Waals surface area contributed by atoms with Crippen molar-refractivity contribution in [3.8, 4) is 0 Å². The summed E-state index contributed by atoms with van der Waals surface area (Å²) in [5, 5.41) is 5.67. The van der Waals surface area contributed by atoms with Crippen LogP contribution in [0.5, 0.6) is 0 Å². The Kier molecular flexibility index (Phi) is 8.67. The molecule has 0 saturated carbocycles. The number of rotatable bonds is 9. The lowest BCUT2D eigenvalue weighted by atomic mass is 10.2. The summed E-state index contributed by atoms with van der Waals surface area (Å²) in [4.78, 5) is 26.2. The highest BCUT2D eigenvalue weighted by Crippen LogP contribution is 2.18. The Morgan fingerprint density at radius 1 is 0.926 bits per heavy atom. The second-order valence-electron chi connectivity index (χ2n) is 5.82. The first-order valence-corrected chi connectivity index (χ1v) is 10.7. The second kappa shape index (κ2) is 11.0. The van der Waals surface area contributed by atoms with Crippen LogP contribution in [-0.4, -0.2) is 36.4 Å². The van der Waals surface area contributed by atoms with Gasteiger partial charge in [-0.25, -0.2) is 0 Å². The van der Waals surface area contributed by atoms with Gasteiger partial charge in [0.2, 0.25) is 11.8 Å². The SMILES string of the molecule is CCN(CC)c1ccc(NC(=O)CSCC(=O)Nc2cccc(Br)c2)cc1. The smallest absolute Gasteiger partial charge is 0.234 e. The number of carbonyl (C=O) groups excluding carboxylic acids is 2. The Labute approximate surface area is 173 Å². The molecule has 2 aromatic rings. The minimum absolute atomic E-state index is 0.120. The predicted octanol–water partition coefficient (Wildman–Crippen LogP) is 4.61. The van der Waals surface area contributed by atoms with Gasteiger partial charge in [-0.2, -0.15) is 0 Å². The maximum absolute atomic E-state index is 12.0. The first-order chi connectivity index (χ1) is 13.0. The van der Waals surface area contributed by atoms with E-state index in [2.05, 4.69) is 45.3 Å². The number of nitrogens with zero attached hydrogens (tertiary/aromatic N) is 1. The van der Waals surface area contributed by atoms with Gasteiger partial charge in [-0.1, -0.05) is 22.0 Å². The zero-order valence-corrected chi connectivity index (χ0v) is 17.9. The molecule has 0 bridgehead atoms. The Morgan fingerprint density at radius 2 is 1.52 bits per heavy atom. The Hall–Kier alpha value is -1.99. The molecule has 0 aliphatic rings. The third-order valence-electron chi connectivity index (χ3n) is 3.85. The highest BCUT2D eigenvalue weighted by Gasteiger charge is 2.08. The molecule has 0 aromatic heterocycles. The van der Waals surface area contributed by atoms with Crippen LogP contribution in [0.15, 0.2) is 53.0 Å². The van der Waals surface area contributed by atoms with Crippen LogP contribution in [0.25, 0.3) is 0 Å². The van der Waals surface area contributed by atoms with E-state index in [-0.39, 0.29) is 23.3 Å². The van der Waals surface area contributed by atoms with Gasteiger partial charge in [0.1, 0.15) is 0 Å². The molecule has 0 saturated heterocycles. The molecule has 2 amide bonds. The van der Waals surface area contributed by atoms with E-state index in [4.69, 9.17) is 0 Å². The molecule has 0 unspecified atom stereocenters. The molecule has 2 aromatic carbocycles. The van der Waals surface area contributed by atoms with Gasteiger partial charge in [0, 0.05) is 34.6 Å². The molecule has 2 rings (SSSR count). The number of halogens is 1. The number of thioether (sulfide) groups is 1. The fourth-order valence-electron chi connectivity index (χ4n) is 2.54. The van der Waals surface area contributed by atoms with Crippen molar-refractivity contribution in [3.63, 3.8) is 0 Å². The number of nitrogens with one attached hydrogen (secondary N) is 2. The fraction of sp³-hybridized carbons (Fsp3) is 0.300. The molecule has 5 nitrogen and oxygen atoms in total. The normalized spacial score (nSPS) is 10.3. The molecular weight excluding hydrogens is 426 g/mol. The van der Waals surface area contributed by atoms with Crippen molar-refractivity contribution in [3.05, 3.63) is 53.0 Å². The van der Waals surface area contributed by atoms with Crippen LogP contribution in [0.3, 0.4) is 0 Å². The van der Waals surface area contributed by atoms with E-state index in [9.17, 15) is 9.59 Å². The Bertz CT molecular complexity index is 764. The lowest BCUT2D eigenvalue weighted by molar-refractivity contribution is -0.114. The third-order valence-corrected chi connectivity index (χ3v) is 5.28. The molecular formula is C20H24BrN3O2S. The van der Waals surface area contributed by atoms with Gasteiger partial charge in [-0.3, -0.25) is 9.59 Å². The van der Waals surface area contributed by atoms with E-state index in [0.29, 0.717) is 0 Å². The molecule has 27 heavy (non-hydrogen) atoms. The number of hydrogen-bond acceptors (Lipinski definition) is 4. The first-order valence-electron chi connectivity index (χ1n) is 8.79. The van der Waals surface area contributed by atoms with Crippen LogP contribution in [0.1, 0.15) is 13.8 Å². The minimum atomic E-state index is -0.130. The highest BCUT2D eigenvalue weighted by molar-refractivity contribution is 9.10. The van der Waals surface area contributed by atoms with E-state index >= 15 is 0 Å². The van der Waals surface area contributed by atoms with Crippen LogP contribution in [0.2, 0.25) is 0 Å². The van der Waals surface area contributed by atoms with Gasteiger partial charge in [0.05, 0.1) is 11.5 Å². The average Bonchev–Trinajstić information content (AvgIpc) is 2.64. The van der Waals surface area contributed by atoms with E-state index in [1.54, 1.807) is 0 Å². The number of hydrogen-bond donors (Lipinski definition) is 2. The lowest BCUT2D eigenvalue weighted by Crippen LogP contribution is -2.21. The Morgan fingerprint density at radius 3 is 2.07 bits per heavy atom. The van der Waals surface area contributed by atoms with Gasteiger partial charge in [0.15, 0.2) is 0 Å². The molecule has 0 spiro atoms. The number of carbonyl (C=O) groups is 2. The largest absolute Gasteiger partial charge is 0.372 e. The number of anilines is 3.